The largest absolute Gasteiger partial charge is 0.486 e. The van der Waals surface area contributed by atoms with Crippen LogP contribution in [0, 0.1) is 13.8 Å². The average molecular weight is 459 g/mol. The monoisotopic (exact) mass is 458 g/mol. The zero-order valence-corrected chi connectivity index (χ0v) is 19.5. The van der Waals surface area contributed by atoms with Crippen molar-refractivity contribution >= 4 is 17.7 Å². The molecule has 0 unspecified atom stereocenters. The van der Waals surface area contributed by atoms with Gasteiger partial charge >= 0.3 is 0 Å². The molecule has 1 aromatic heterocycles. The maximum Gasteiger partial charge on any atom is 0.230 e. The van der Waals surface area contributed by atoms with Crippen LogP contribution in [0.4, 0.5) is 0 Å². The van der Waals surface area contributed by atoms with Crippen molar-refractivity contribution in [2.75, 3.05) is 5.75 Å². The molecule has 0 radical (unpaired) electrons. The molecule has 7 heteroatoms. The van der Waals surface area contributed by atoms with Crippen LogP contribution >= 0.6 is 11.8 Å². The van der Waals surface area contributed by atoms with Crippen molar-refractivity contribution in [1.82, 2.24) is 20.1 Å². The van der Waals surface area contributed by atoms with Crippen LogP contribution in [0.3, 0.4) is 0 Å². The van der Waals surface area contributed by atoms with E-state index in [0.717, 1.165) is 22.6 Å². The van der Waals surface area contributed by atoms with Gasteiger partial charge in [0, 0.05) is 12.2 Å². The van der Waals surface area contributed by atoms with Crippen molar-refractivity contribution in [2.45, 2.75) is 32.2 Å². The standard InChI is InChI=1S/C26H26N4O2S/c1-19-11-13-23(14-12-19)32-17-24-28-29-26(30(24)22-10-6-7-20(2)15-22)33-18-25(31)27-16-21-8-4-3-5-9-21/h3-15H,16-18H2,1-2H3,(H,27,31). The molecule has 0 atom stereocenters. The lowest BCUT2D eigenvalue weighted by Crippen LogP contribution is -2.24. The van der Waals surface area contributed by atoms with Crippen molar-refractivity contribution in [3.8, 4) is 11.4 Å². The Bertz CT molecular complexity index is 1210. The number of hydrogen-bond donors (Lipinski definition) is 1. The van der Waals surface area contributed by atoms with E-state index in [0.29, 0.717) is 17.5 Å². The number of ether oxygens (including phenoxy) is 1. The van der Waals surface area contributed by atoms with Gasteiger partial charge in [0.2, 0.25) is 5.91 Å². The number of aromatic nitrogens is 3. The van der Waals surface area contributed by atoms with E-state index in [1.807, 2.05) is 91.2 Å². The fraction of sp³-hybridized carbons (Fsp3) is 0.192. The lowest BCUT2D eigenvalue weighted by molar-refractivity contribution is -0.118. The lowest BCUT2D eigenvalue weighted by Gasteiger charge is -2.12. The molecule has 1 amide bonds. The van der Waals surface area contributed by atoms with Gasteiger partial charge in [0.25, 0.3) is 0 Å². The van der Waals surface area contributed by atoms with Crippen LogP contribution in [0.2, 0.25) is 0 Å². The van der Waals surface area contributed by atoms with Crippen molar-refractivity contribution in [2.24, 2.45) is 0 Å². The molecule has 1 heterocycles. The SMILES string of the molecule is Cc1ccc(OCc2nnc(SCC(=O)NCc3ccccc3)n2-c2cccc(C)c2)cc1. The fourth-order valence-corrected chi connectivity index (χ4v) is 4.07. The number of carbonyl (C=O) groups is 1. The van der Waals surface area contributed by atoms with Crippen molar-refractivity contribution in [1.29, 1.82) is 0 Å². The minimum absolute atomic E-state index is 0.0555. The van der Waals surface area contributed by atoms with E-state index in [9.17, 15) is 4.79 Å². The fourth-order valence-electron chi connectivity index (χ4n) is 3.27. The summed E-state index contributed by atoms with van der Waals surface area (Å²) < 4.78 is 7.91. The predicted molar refractivity (Wildman–Crippen MR) is 131 cm³/mol. The highest BCUT2D eigenvalue weighted by Gasteiger charge is 2.17. The van der Waals surface area contributed by atoms with Gasteiger partial charge in [0.05, 0.1) is 5.75 Å². The van der Waals surface area contributed by atoms with Crippen molar-refractivity contribution in [3.05, 3.63) is 101 Å². The number of thioether (sulfide) groups is 1. The summed E-state index contributed by atoms with van der Waals surface area (Å²) in [6, 6.07) is 25.9. The van der Waals surface area contributed by atoms with Gasteiger partial charge in [-0.05, 0) is 49.2 Å². The summed E-state index contributed by atoms with van der Waals surface area (Å²) >= 11 is 1.36. The first kappa shape index (κ1) is 22.6. The van der Waals surface area contributed by atoms with E-state index in [2.05, 4.69) is 21.6 Å². The van der Waals surface area contributed by atoms with Crippen LogP contribution in [0.1, 0.15) is 22.5 Å². The Hall–Kier alpha value is -3.58. The molecule has 4 aromatic rings. The summed E-state index contributed by atoms with van der Waals surface area (Å²) in [7, 11) is 0. The highest BCUT2D eigenvalue weighted by Crippen LogP contribution is 2.24. The van der Waals surface area contributed by atoms with Crippen LogP contribution in [0.15, 0.2) is 84.0 Å². The zero-order chi connectivity index (χ0) is 23.0. The molecule has 168 valence electrons. The maximum absolute atomic E-state index is 12.4. The predicted octanol–water partition coefficient (Wildman–Crippen LogP) is 4.87. The Labute approximate surface area is 198 Å². The molecule has 33 heavy (non-hydrogen) atoms. The van der Waals surface area contributed by atoms with Crippen LogP contribution in [0.5, 0.6) is 5.75 Å². The molecule has 3 aromatic carbocycles. The second-order valence-electron chi connectivity index (χ2n) is 7.73. The van der Waals surface area contributed by atoms with E-state index in [4.69, 9.17) is 4.74 Å². The molecule has 0 spiro atoms. The maximum atomic E-state index is 12.4. The third kappa shape index (κ3) is 6.23. The summed E-state index contributed by atoms with van der Waals surface area (Å²) in [5.41, 5.74) is 4.31. The molecule has 0 saturated carbocycles. The Balaban J connectivity index is 1.47. The van der Waals surface area contributed by atoms with E-state index in [1.54, 1.807) is 0 Å². The molecule has 0 saturated heterocycles. The summed E-state index contributed by atoms with van der Waals surface area (Å²) in [5, 5.41) is 12.3. The number of nitrogens with one attached hydrogen (secondary N) is 1. The van der Waals surface area contributed by atoms with Crippen LogP contribution in [-0.2, 0) is 17.9 Å². The number of amides is 1. The third-order valence-corrected chi connectivity index (χ3v) is 5.94. The van der Waals surface area contributed by atoms with Crippen LogP contribution < -0.4 is 10.1 Å². The first-order valence-corrected chi connectivity index (χ1v) is 11.7. The molecule has 0 fully saturated rings. The third-order valence-electron chi connectivity index (χ3n) is 5.01. The van der Waals surface area contributed by atoms with Gasteiger partial charge < -0.3 is 10.1 Å². The summed E-state index contributed by atoms with van der Waals surface area (Å²) in [6.45, 7) is 4.85. The first-order chi connectivity index (χ1) is 16.1. The quantitative estimate of drug-likeness (QED) is 0.362. The Kier molecular flexibility index (Phi) is 7.42. The van der Waals surface area contributed by atoms with Gasteiger partial charge in [0.1, 0.15) is 12.4 Å². The normalized spacial score (nSPS) is 10.7. The van der Waals surface area contributed by atoms with E-state index >= 15 is 0 Å². The number of rotatable bonds is 9. The minimum Gasteiger partial charge on any atom is -0.486 e. The Morgan fingerprint density at radius 1 is 0.939 bits per heavy atom. The van der Waals surface area contributed by atoms with E-state index in [-0.39, 0.29) is 18.3 Å². The summed E-state index contributed by atoms with van der Waals surface area (Å²) in [5.74, 6) is 1.64. The number of carbonyl (C=O) groups excluding carboxylic acids is 1. The molecule has 0 aliphatic rings. The summed E-state index contributed by atoms with van der Waals surface area (Å²) in [4.78, 5) is 12.4. The van der Waals surface area contributed by atoms with Gasteiger partial charge in [-0.2, -0.15) is 0 Å². The number of hydrogen-bond acceptors (Lipinski definition) is 5. The average Bonchev–Trinajstić information content (AvgIpc) is 3.24. The topological polar surface area (TPSA) is 69.0 Å². The number of nitrogens with zero attached hydrogens (tertiary/aromatic N) is 3. The molecule has 0 aliphatic carbocycles. The second kappa shape index (κ2) is 10.8. The molecular formula is C26H26N4O2S. The molecular weight excluding hydrogens is 432 g/mol. The van der Waals surface area contributed by atoms with Gasteiger partial charge in [-0.15, -0.1) is 10.2 Å². The van der Waals surface area contributed by atoms with Gasteiger partial charge in [-0.1, -0.05) is 71.9 Å². The highest BCUT2D eigenvalue weighted by atomic mass is 32.2. The van der Waals surface area contributed by atoms with E-state index < -0.39 is 0 Å². The molecule has 0 bridgehead atoms. The summed E-state index contributed by atoms with van der Waals surface area (Å²) in [6.07, 6.45) is 0. The molecule has 1 N–H and O–H groups in total. The lowest BCUT2D eigenvalue weighted by atomic mass is 10.2. The molecule has 6 nitrogen and oxygen atoms in total. The van der Waals surface area contributed by atoms with Crippen molar-refractivity contribution < 1.29 is 9.53 Å². The zero-order valence-electron chi connectivity index (χ0n) is 18.7. The number of aryl methyl sites for hydroxylation is 2. The van der Waals surface area contributed by atoms with Crippen LogP contribution in [0.25, 0.3) is 5.69 Å². The Morgan fingerprint density at radius 3 is 2.48 bits per heavy atom. The van der Waals surface area contributed by atoms with Gasteiger partial charge in [-0.25, -0.2) is 0 Å². The first-order valence-electron chi connectivity index (χ1n) is 10.7. The van der Waals surface area contributed by atoms with Crippen LogP contribution in [-0.4, -0.2) is 26.4 Å². The van der Waals surface area contributed by atoms with Gasteiger partial charge in [-0.3, -0.25) is 9.36 Å². The second-order valence-corrected chi connectivity index (χ2v) is 8.67. The minimum atomic E-state index is -0.0555. The van der Waals surface area contributed by atoms with Gasteiger partial charge in [0.15, 0.2) is 11.0 Å². The van der Waals surface area contributed by atoms with E-state index in [1.165, 1.54) is 17.3 Å². The Morgan fingerprint density at radius 2 is 1.73 bits per heavy atom. The highest BCUT2D eigenvalue weighted by molar-refractivity contribution is 7.99. The molecule has 0 aliphatic heterocycles. The number of benzene rings is 3. The smallest absolute Gasteiger partial charge is 0.230 e. The molecule has 4 rings (SSSR count). The van der Waals surface area contributed by atoms with Crippen molar-refractivity contribution in [3.63, 3.8) is 0 Å².